The summed E-state index contributed by atoms with van der Waals surface area (Å²) >= 11 is 0. The Morgan fingerprint density at radius 2 is 2.03 bits per heavy atom. The number of fused-ring (bicyclic) bond motifs is 1. The van der Waals surface area contributed by atoms with E-state index in [4.69, 9.17) is 13.6 Å². The van der Waals surface area contributed by atoms with E-state index < -0.39 is 12.6 Å². The van der Waals surface area contributed by atoms with Crippen molar-refractivity contribution in [3.05, 3.63) is 76.9 Å². The van der Waals surface area contributed by atoms with Gasteiger partial charge in [0, 0.05) is 29.9 Å². The number of amides is 3. The third-order valence-electron chi connectivity index (χ3n) is 6.24. The first kappa shape index (κ1) is 18.7. The second kappa shape index (κ2) is 9.30. The van der Waals surface area contributed by atoms with Gasteiger partial charge in [0.1, 0.15) is 25.0 Å². The van der Waals surface area contributed by atoms with Crippen molar-refractivity contribution in [3.8, 4) is 5.75 Å². The molecule has 2 unspecified atom stereocenters. The lowest BCUT2D eigenvalue weighted by atomic mass is 10.0. The van der Waals surface area contributed by atoms with Gasteiger partial charge in [0.2, 0.25) is 11.8 Å². The zero-order valence-electron chi connectivity index (χ0n) is 21.6. The molecule has 2 atom stereocenters. The first-order chi connectivity index (χ1) is 17.7. The second-order valence-electron chi connectivity index (χ2n) is 8.53. The molecule has 8 nitrogen and oxygen atoms in total. The first-order valence-electron chi connectivity index (χ1n) is 12.8. The van der Waals surface area contributed by atoms with Gasteiger partial charge in [-0.3, -0.25) is 14.4 Å². The van der Waals surface area contributed by atoms with Crippen LogP contribution in [0, 0.1) is 0 Å². The molecule has 3 heterocycles. The van der Waals surface area contributed by atoms with Crippen LogP contribution in [0.1, 0.15) is 44.0 Å². The van der Waals surface area contributed by atoms with Crippen LogP contribution in [-0.2, 0) is 34.0 Å². The number of nitrogens with zero attached hydrogens (tertiary/aromatic N) is 2. The number of nitrogens with one attached hydrogen (secondary N) is 1. The van der Waals surface area contributed by atoms with Gasteiger partial charge in [-0.1, -0.05) is 36.9 Å². The number of piperidine rings is 1. The maximum absolute atomic E-state index is 13.1. The topological polar surface area (TPSA) is 88.2 Å². The van der Waals surface area contributed by atoms with Gasteiger partial charge in [0.05, 0.1) is 17.3 Å². The molecule has 5 rings (SSSR count). The number of morpholine rings is 1. The van der Waals surface area contributed by atoms with Crippen LogP contribution in [0.15, 0.2) is 54.7 Å². The van der Waals surface area contributed by atoms with Crippen molar-refractivity contribution in [2.45, 2.75) is 38.6 Å². The van der Waals surface area contributed by atoms with Crippen molar-refractivity contribution in [2.75, 3.05) is 19.8 Å². The molecule has 3 aliphatic rings. The fourth-order valence-corrected chi connectivity index (χ4v) is 4.38. The highest BCUT2D eigenvalue weighted by Gasteiger charge is 2.39. The van der Waals surface area contributed by atoms with Crippen molar-refractivity contribution >= 4 is 17.7 Å². The Hall–Kier alpha value is -3.65. The lowest BCUT2D eigenvalue weighted by molar-refractivity contribution is -0.143. The molecule has 2 saturated heterocycles. The van der Waals surface area contributed by atoms with Crippen molar-refractivity contribution < 1.29 is 28.0 Å². The highest BCUT2D eigenvalue weighted by molar-refractivity contribution is 6.02. The normalized spacial score (nSPS) is 22.6. The van der Waals surface area contributed by atoms with Crippen LogP contribution in [0.5, 0.6) is 5.75 Å². The molecule has 3 amide bonds. The largest absolute Gasteiger partial charge is 0.489 e. The van der Waals surface area contributed by atoms with E-state index in [9.17, 15) is 14.4 Å². The molecule has 8 heteroatoms. The van der Waals surface area contributed by atoms with Gasteiger partial charge in [0.15, 0.2) is 0 Å². The maximum atomic E-state index is 13.1. The maximum Gasteiger partial charge on any atom is 0.255 e. The molecule has 0 aliphatic carbocycles. The predicted molar refractivity (Wildman–Crippen MR) is 124 cm³/mol. The average molecular weight is 465 g/mol. The lowest BCUT2D eigenvalue weighted by Gasteiger charge is -2.31. The molecule has 176 valence electrons. The fourth-order valence-electron chi connectivity index (χ4n) is 4.38. The highest BCUT2D eigenvalue weighted by Crippen LogP contribution is 2.34. The predicted octanol–water partition coefficient (Wildman–Crippen LogP) is 2.37. The molecular weight excluding hydrogens is 434 g/mol. The Morgan fingerprint density at radius 1 is 1.21 bits per heavy atom. The molecule has 0 bridgehead atoms. The molecule has 34 heavy (non-hydrogen) atoms. The molecule has 2 aromatic carbocycles. The standard InChI is InChI=1S/C26H27N3O5/c1-17-5-10-22(25(31)27-17)29-14-21-20(26(29)32)3-2-4-23(21)34-15-19-8-6-18(7-9-19)13-28-11-12-33-16-24(28)30/h2-4,6-9,22H,1,5,10-16H2,(H,27,31)/i6D,8D,15D. The lowest BCUT2D eigenvalue weighted by Crippen LogP contribution is -2.49. The zero-order chi connectivity index (χ0) is 26.3. The molecule has 0 saturated carbocycles. The van der Waals surface area contributed by atoms with Crippen molar-refractivity contribution in [1.82, 2.24) is 15.1 Å². The van der Waals surface area contributed by atoms with Gasteiger partial charge in [-0.15, -0.1) is 0 Å². The Morgan fingerprint density at radius 3 is 2.85 bits per heavy atom. The highest BCUT2D eigenvalue weighted by atomic mass is 16.5. The van der Waals surface area contributed by atoms with Crippen molar-refractivity contribution in [2.24, 2.45) is 0 Å². The van der Waals surface area contributed by atoms with E-state index >= 15 is 0 Å². The van der Waals surface area contributed by atoms with Gasteiger partial charge < -0.3 is 24.6 Å². The molecule has 0 aromatic heterocycles. The summed E-state index contributed by atoms with van der Waals surface area (Å²) in [5, 5.41) is 2.71. The number of ether oxygens (including phenoxy) is 2. The zero-order valence-corrected chi connectivity index (χ0v) is 18.6. The summed E-state index contributed by atoms with van der Waals surface area (Å²) < 4.78 is 36.5. The molecule has 0 spiro atoms. The smallest absolute Gasteiger partial charge is 0.255 e. The number of benzene rings is 2. The number of allylic oxidation sites excluding steroid dienone is 1. The minimum Gasteiger partial charge on any atom is -0.489 e. The van der Waals surface area contributed by atoms with E-state index in [2.05, 4.69) is 11.9 Å². The Bertz CT molecular complexity index is 1300. The fraction of sp³-hybridized carbons (Fsp3) is 0.346. The number of hydrogen-bond donors (Lipinski definition) is 1. The van der Waals surface area contributed by atoms with Gasteiger partial charge in [-0.05, 0) is 36.1 Å². The van der Waals surface area contributed by atoms with Crippen LogP contribution < -0.4 is 10.1 Å². The second-order valence-corrected chi connectivity index (χ2v) is 8.53. The Kier molecular flexibility index (Phi) is 5.13. The summed E-state index contributed by atoms with van der Waals surface area (Å²) in [6, 6.07) is 7.36. The van der Waals surface area contributed by atoms with Gasteiger partial charge >= 0.3 is 0 Å². The number of carbonyl (C=O) groups excluding carboxylic acids is 3. The van der Waals surface area contributed by atoms with Crippen molar-refractivity contribution in [3.63, 3.8) is 0 Å². The SMILES string of the molecule is [2H]c1c(CN2CCOCC2=O)ccc(C([2H])Oc2cccc3c2CN(C2CCC(=C)NC2=O)C3=O)c1[2H]. The van der Waals surface area contributed by atoms with E-state index in [1.54, 1.807) is 35.2 Å². The van der Waals surface area contributed by atoms with Crippen LogP contribution >= 0.6 is 0 Å². The molecule has 3 aliphatic heterocycles. The van der Waals surface area contributed by atoms with Crippen LogP contribution in [-0.4, -0.2) is 53.3 Å². The van der Waals surface area contributed by atoms with E-state index in [1.165, 1.54) is 4.90 Å². The minimum atomic E-state index is -1.31. The van der Waals surface area contributed by atoms with Gasteiger partial charge in [-0.2, -0.15) is 0 Å². The van der Waals surface area contributed by atoms with Crippen LogP contribution in [0.2, 0.25) is 0 Å². The van der Waals surface area contributed by atoms with E-state index in [-0.39, 0.29) is 55.1 Å². The quantitative estimate of drug-likeness (QED) is 0.709. The number of rotatable bonds is 6. The number of hydrogen-bond acceptors (Lipinski definition) is 5. The minimum absolute atomic E-state index is 0.00379. The third kappa shape index (κ3) is 4.41. The first-order valence-corrected chi connectivity index (χ1v) is 11.2. The summed E-state index contributed by atoms with van der Waals surface area (Å²) in [5.74, 6) is -0.381. The van der Waals surface area contributed by atoms with E-state index in [0.717, 1.165) is 0 Å². The molecular formula is C26H27N3O5. The van der Waals surface area contributed by atoms with E-state index in [1.807, 2.05) is 0 Å². The van der Waals surface area contributed by atoms with Crippen LogP contribution in [0.4, 0.5) is 0 Å². The summed E-state index contributed by atoms with van der Waals surface area (Å²) in [7, 11) is 0. The van der Waals surface area contributed by atoms with Crippen molar-refractivity contribution in [1.29, 1.82) is 0 Å². The Labute approximate surface area is 202 Å². The molecule has 2 fully saturated rings. The summed E-state index contributed by atoms with van der Waals surface area (Å²) in [6.45, 7) is 3.69. The summed E-state index contributed by atoms with van der Waals surface area (Å²) in [6.07, 6.45) is 1.07. The van der Waals surface area contributed by atoms with Crippen LogP contribution in [0.3, 0.4) is 0 Å². The van der Waals surface area contributed by atoms with E-state index in [0.29, 0.717) is 54.1 Å². The molecule has 0 radical (unpaired) electrons. The summed E-state index contributed by atoms with van der Waals surface area (Å²) in [5.41, 5.74) is 2.34. The third-order valence-corrected chi connectivity index (χ3v) is 6.24. The van der Waals surface area contributed by atoms with Gasteiger partial charge in [-0.25, -0.2) is 0 Å². The van der Waals surface area contributed by atoms with Gasteiger partial charge in [0.25, 0.3) is 5.91 Å². The van der Waals surface area contributed by atoms with Crippen LogP contribution in [0.25, 0.3) is 0 Å². The number of carbonyl (C=O) groups is 3. The molecule has 1 N–H and O–H groups in total. The monoisotopic (exact) mass is 464 g/mol. The summed E-state index contributed by atoms with van der Waals surface area (Å²) in [4.78, 5) is 40.7. The Balaban J connectivity index is 1.33. The molecule has 2 aromatic rings. The average Bonchev–Trinajstić information content (AvgIpc) is 3.20.